The van der Waals surface area contributed by atoms with E-state index in [-0.39, 0.29) is 0 Å². The molecule has 0 bridgehead atoms. The molecule has 0 unspecified atom stereocenters. The van der Waals surface area contributed by atoms with E-state index in [2.05, 4.69) is 30.0 Å². The van der Waals surface area contributed by atoms with Crippen LogP contribution in [0.1, 0.15) is 24.0 Å². The zero-order chi connectivity index (χ0) is 13.0. The van der Waals surface area contributed by atoms with Crippen molar-refractivity contribution < 1.29 is 4.74 Å². The summed E-state index contributed by atoms with van der Waals surface area (Å²) in [5, 5.41) is 0. The van der Waals surface area contributed by atoms with Gasteiger partial charge >= 0.3 is 0 Å². The fourth-order valence-electron chi connectivity index (χ4n) is 2.71. The Morgan fingerprint density at radius 3 is 2.67 bits per heavy atom. The van der Waals surface area contributed by atoms with Gasteiger partial charge in [-0.15, -0.1) is 11.6 Å². The average Bonchev–Trinajstić information content (AvgIpc) is 2.40. The molecule has 0 saturated carbocycles. The van der Waals surface area contributed by atoms with E-state index in [1.165, 1.54) is 29.7 Å². The summed E-state index contributed by atoms with van der Waals surface area (Å²) < 4.78 is 5.24. The molecule has 1 fully saturated rings. The summed E-state index contributed by atoms with van der Waals surface area (Å²) >= 11 is 6.06. The second kappa shape index (κ2) is 6.44. The molecule has 0 radical (unpaired) electrons. The Morgan fingerprint density at radius 1 is 1.33 bits per heavy atom. The van der Waals surface area contributed by atoms with Gasteiger partial charge in [0.15, 0.2) is 0 Å². The topological polar surface area (TPSA) is 12.5 Å². The van der Waals surface area contributed by atoms with Crippen LogP contribution in [0.5, 0.6) is 0 Å². The number of rotatable bonds is 4. The Morgan fingerprint density at radius 2 is 2.06 bits per heavy atom. The van der Waals surface area contributed by atoms with Gasteiger partial charge in [0.05, 0.1) is 0 Å². The molecule has 3 heteroatoms. The monoisotopic (exact) mass is 267 g/mol. The summed E-state index contributed by atoms with van der Waals surface area (Å²) in [6, 6.07) is 6.58. The molecule has 1 heterocycles. The average molecular weight is 268 g/mol. The summed E-state index contributed by atoms with van der Waals surface area (Å²) in [5.41, 5.74) is 3.84. The summed E-state index contributed by atoms with van der Waals surface area (Å²) in [6.45, 7) is 5.23. The van der Waals surface area contributed by atoms with Crippen molar-refractivity contribution in [2.75, 3.05) is 31.7 Å². The van der Waals surface area contributed by atoms with Gasteiger partial charge in [-0.25, -0.2) is 0 Å². The molecular formula is C15H22ClNO. The number of benzene rings is 1. The van der Waals surface area contributed by atoms with E-state index < -0.39 is 0 Å². The van der Waals surface area contributed by atoms with Crippen LogP contribution in [-0.4, -0.2) is 26.8 Å². The number of alkyl halides is 1. The van der Waals surface area contributed by atoms with E-state index in [0.29, 0.717) is 5.88 Å². The van der Waals surface area contributed by atoms with Gasteiger partial charge in [-0.3, -0.25) is 0 Å². The molecule has 2 rings (SSSR count). The molecule has 1 aromatic rings. The third-order valence-corrected chi connectivity index (χ3v) is 4.02. The minimum atomic E-state index is 0.592. The predicted octanol–water partition coefficient (Wildman–Crippen LogP) is 3.60. The number of anilines is 1. The molecule has 0 atom stereocenters. The highest BCUT2D eigenvalue weighted by atomic mass is 35.5. The number of halogens is 1. The normalized spacial score (nSPS) is 17.2. The third-order valence-electron chi connectivity index (χ3n) is 3.74. The second-order valence-corrected chi connectivity index (χ2v) is 5.42. The Hall–Kier alpha value is -0.730. The first-order chi connectivity index (χ1) is 8.74. The van der Waals surface area contributed by atoms with Crippen molar-refractivity contribution in [3.63, 3.8) is 0 Å². The molecule has 0 aromatic heterocycles. The minimum absolute atomic E-state index is 0.592. The van der Waals surface area contributed by atoms with E-state index >= 15 is 0 Å². The van der Waals surface area contributed by atoms with Crippen molar-refractivity contribution in [3.8, 4) is 0 Å². The fourth-order valence-corrected chi connectivity index (χ4v) is 2.92. The summed E-state index contributed by atoms with van der Waals surface area (Å²) in [4.78, 5) is 2.46. The molecule has 0 spiro atoms. The number of ether oxygens (including phenoxy) is 1. The van der Waals surface area contributed by atoms with Crippen LogP contribution in [0.2, 0.25) is 0 Å². The van der Waals surface area contributed by atoms with Crippen molar-refractivity contribution in [2.24, 2.45) is 5.92 Å². The number of hydrogen-bond donors (Lipinski definition) is 0. The first-order valence-electron chi connectivity index (χ1n) is 6.64. The number of piperidine rings is 1. The van der Waals surface area contributed by atoms with Gasteiger partial charge in [0.25, 0.3) is 0 Å². The first kappa shape index (κ1) is 13.7. The van der Waals surface area contributed by atoms with Gasteiger partial charge in [0.1, 0.15) is 0 Å². The van der Waals surface area contributed by atoms with Gasteiger partial charge < -0.3 is 9.64 Å². The molecule has 1 aromatic carbocycles. The van der Waals surface area contributed by atoms with Gasteiger partial charge in [-0.05, 0) is 37.3 Å². The van der Waals surface area contributed by atoms with E-state index in [1.54, 1.807) is 7.11 Å². The molecule has 0 aliphatic carbocycles. The third kappa shape index (κ3) is 3.18. The Kier molecular flexibility index (Phi) is 4.90. The zero-order valence-electron chi connectivity index (χ0n) is 11.3. The first-order valence-corrected chi connectivity index (χ1v) is 7.17. The van der Waals surface area contributed by atoms with E-state index in [0.717, 1.165) is 25.6 Å². The standard InChI is InChI=1S/C15H22ClNO/c1-12-3-4-15(14(9-12)10-16)17-7-5-13(6-8-17)11-18-2/h3-4,9,13H,5-8,10-11H2,1-2H3. The minimum Gasteiger partial charge on any atom is -0.384 e. The maximum absolute atomic E-state index is 6.06. The molecular weight excluding hydrogens is 246 g/mol. The van der Waals surface area contributed by atoms with Crippen molar-refractivity contribution in [1.29, 1.82) is 0 Å². The lowest BCUT2D eigenvalue weighted by Gasteiger charge is -2.34. The van der Waals surface area contributed by atoms with Crippen LogP contribution in [0, 0.1) is 12.8 Å². The van der Waals surface area contributed by atoms with Crippen molar-refractivity contribution >= 4 is 17.3 Å². The van der Waals surface area contributed by atoms with Gasteiger partial charge in [0, 0.05) is 38.4 Å². The second-order valence-electron chi connectivity index (χ2n) is 5.15. The van der Waals surface area contributed by atoms with Crippen LogP contribution in [0.4, 0.5) is 5.69 Å². The highest BCUT2D eigenvalue weighted by molar-refractivity contribution is 6.17. The van der Waals surface area contributed by atoms with Crippen LogP contribution in [0.25, 0.3) is 0 Å². The van der Waals surface area contributed by atoms with Gasteiger partial charge in [-0.2, -0.15) is 0 Å². The highest BCUT2D eigenvalue weighted by Gasteiger charge is 2.20. The smallest absolute Gasteiger partial charge is 0.0494 e. The molecule has 2 nitrogen and oxygen atoms in total. The maximum atomic E-state index is 6.06. The summed E-state index contributed by atoms with van der Waals surface area (Å²) in [5.74, 6) is 1.31. The quantitative estimate of drug-likeness (QED) is 0.773. The van der Waals surface area contributed by atoms with Crippen LogP contribution in [0.15, 0.2) is 18.2 Å². The SMILES string of the molecule is COCC1CCN(c2ccc(C)cc2CCl)CC1. The lowest BCUT2D eigenvalue weighted by molar-refractivity contribution is 0.139. The van der Waals surface area contributed by atoms with Crippen LogP contribution < -0.4 is 4.90 Å². The van der Waals surface area contributed by atoms with Crippen molar-refractivity contribution in [2.45, 2.75) is 25.6 Å². The lowest BCUT2D eigenvalue weighted by Crippen LogP contribution is -2.35. The Labute approximate surface area is 115 Å². The molecule has 0 amide bonds. The molecule has 18 heavy (non-hydrogen) atoms. The highest BCUT2D eigenvalue weighted by Crippen LogP contribution is 2.28. The van der Waals surface area contributed by atoms with Gasteiger partial charge in [-0.1, -0.05) is 17.7 Å². The molecule has 1 saturated heterocycles. The van der Waals surface area contributed by atoms with Crippen LogP contribution in [0.3, 0.4) is 0 Å². The fraction of sp³-hybridized carbons (Fsp3) is 0.600. The van der Waals surface area contributed by atoms with Gasteiger partial charge in [0.2, 0.25) is 0 Å². The Bertz CT molecular complexity index is 386. The largest absolute Gasteiger partial charge is 0.384 e. The van der Waals surface area contributed by atoms with Crippen molar-refractivity contribution in [3.05, 3.63) is 29.3 Å². The molecule has 0 N–H and O–H groups in total. The van der Waals surface area contributed by atoms with Crippen molar-refractivity contribution in [1.82, 2.24) is 0 Å². The number of nitrogens with zero attached hydrogens (tertiary/aromatic N) is 1. The molecule has 1 aliphatic heterocycles. The van der Waals surface area contributed by atoms with E-state index in [1.807, 2.05) is 0 Å². The summed E-state index contributed by atoms with van der Waals surface area (Å²) in [6.07, 6.45) is 2.42. The van der Waals surface area contributed by atoms with E-state index in [4.69, 9.17) is 16.3 Å². The maximum Gasteiger partial charge on any atom is 0.0494 e. The molecule has 100 valence electrons. The summed E-state index contributed by atoms with van der Waals surface area (Å²) in [7, 11) is 1.79. The predicted molar refractivity (Wildman–Crippen MR) is 77.5 cm³/mol. The Balaban J connectivity index is 2.05. The van der Waals surface area contributed by atoms with E-state index in [9.17, 15) is 0 Å². The van der Waals surface area contributed by atoms with Crippen LogP contribution in [-0.2, 0) is 10.6 Å². The lowest BCUT2D eigenvalue weighted by atomic mass is 9.96. The zero-order valence-corrected chi connectivity index (χ0v) is 12.0. The number of methoxy groups -OCH3 is 1. The molecule has 1 aliphatic rings. The van der Waals surface area contributed by atoms with Crippen LogP contribution >= 0.6 is 11.6 Å². The number of aryl methyl sites for hydroxylation is 1. The number of hydrogen-bond acceptors (Lipinski definition) is 2.